The second-order valence-corrected chi connectivity index (χ2v) is 5.00. The number of ether oxygens (including phenoxy) is 1. The van der Waals surface area contributed by atoms with Gasteiger partial charge in [-0.2, -0.15) is 0 Å². The number of carbonyl (C=O) groups is 2. The second-order valence-electron chi connectivity index (χ2n) is 5.00. The molecule has 21 heavy (non-hydrogen) atoms. The zero-order valence-corrected chi connectivity index (χ0v) is 13.6. The van der Waals surface area contributed by atoms with Crippen LogP contribution in [-0.2, 0) is 14.3 Å². The van der Waals surface area contributed by atoms with Crippen molar-refractivity contribution in [2.75, 3.05) is 0 Å². The van der Waals surface area contributed by atoms with Gasteiger partial charge in [0.2, 0.25) is 0 Å². The van der Waals surface area contributed by atoms with Crippen LogP contribution >= 0.6 is 0 Å². The molecular weight excluding hydrogens is 270 g/mol. The maximum atomic E-state index is 11.0. The highest BCUT2D eigenvalue weighted by Crippen LogP contribution is 2.09. The fourth-order valence-corrected chi connectivity index (χ4v) is 1.85. The van der Waals surface area contributed by atoms with Crippen molar-refractivity contribution in [3.63, 3.8) is 0 Å². The Hall–Kier alpha value is -1.36. The summed E-state index contributed by atoms with van der Waals surface area (Å²) >= 11 is 0. The number of carboxylic acids is 1. The van der Waals surface area contributed by atoms with Gasteiger partial charge in [-0.3, -0.25) is 4.79 Å². The minimum Gasteiger partial charge on any atom is -0.550 e. The van der Waals surface area contributed by atoms with E-state index in [1.54, 1.807) is 0 Å². The number of aliphatic carboxylic acids is 1. The number of esters is 1. The molecule has 4 N–H and O–H groups in total. The molecule has 0 saturated heterocycles. The van der Waals surface area contributed by atoms with Gasteiger partial charge in [0, 0.05) is 5.97 Å². The molecule has 0 atom stereocenters. The summed E-state index contributed by atoms with van der Waals surface area (Å²) in [4.78, 5) is 21.2. The third-order valence-electron chi connectivity index (χ3n) is 3.05. The van der Waals surface area contributed by atoms with Crippen molar-refractivity contribution in [2.24, 2.45) is 0 Å². The summed E-state index contributed by atoms with van der Waals surface area (Å²) in [6.07, 6.45) is 13.8. The van der Waals surface area contributed by atoms with E-state index in [-0.39, 0.29) is 19.0 Å². The number of hydrogen-bond acceptors (Lipinski definition) is 4. The summed E-state index contributed by atoms with van der Waals surface area (Å²) in [5, 5.41) is 10.1. The van der Waals surface area contributed by atoms with E-state index < -0.39 is 11.9 Å². The fraction of sp³-hybridized carbons (Fsp3) is 0.750. The molecule has 0 radical (unpaired) electrons. The van der Waals surface area contributed by atoms with E-state index in [2.05, 4.69) is 6.92 Å². The van der Waals surface area contributed by atoms with E-state index >= 15 is 0 Å². The Kier molecular flexibility index (Phi) is 17.4. The molecule has 0 aliphatic heterocycles. The molecule has 5 nitrogen and oxygen atoms in total. The highest BCUT2D eigenvalue weighted by molar-refractivity contribution is 5.75. The van der Waals surface area contributed by atoms with E-state index in [9.17, 15) is 14.7 Å². The molecule has 0 aliphatic rings. The Morgan fingerprint density at radius 1 is 0.952 bits per heavy atom. The third-order valence-corrected chi connectivity index (χ3v) is 3.05. The lowest BCUT2D eigenvalue weighted by Crippen LogP contribution is -2.22. The predicted molar refractivity (Wildman–Crippen MR) is 82.7 cm³/mol. The molecule has 0 aromatic rings. The van der Waals surface area contributed by atoms with Gasteiger partial charge in [0.15, 0.2) is 0 Å². The van der Waals surface area contributed by atoms with Crippen LogP contribution in [0, 0.1) is 0 Å². The minimum atomic E-state index is -1.23. The molecule has 0 aromatic heterocycles. The zero-order chi connectivity index (χ0) is 15.1. The Labute approximate surface area is 128 Å². The lowest BCUT2D eigenvalue weighted by Gasteiger charge is -2.01. The summed E-state index contributed by atoms with van der Waals surface area (Å²) in [7, 11) is 0. The van der Waals surface area contributed by atoms with Crippen molar-refractivity contribution in [1.82, 2.24) is 6.15 Å². The lowest BCUT2D eigenvalue weighted by molar-refractivity contribution is -0.305. The standard InChI is InChI=1S/C16H28O4.H3N/c1-2-3-4-5-6-7-8-9-10-11-14-20-16(19)13-12-15(17)18;/h11,14H,2-10,12-13H2,1H3,(H,17,18);1H3. The normalized spacial score (nSPS) is 10.3. The average molecular weight is 301 g/mol. The molecule has 0 rings (SSSR count). The van der Waals surface area contributed by atoms with E-state index in [1.807, 2.05) is 6.08 Å². The van der Waals surface area contributed by atoms with Gasteiger partial charge in [0.1, 0.15) is 0 Å². The number of hydrogen-bond donors (Lipinski definition) is 1. The number of allylic oxidation sites excluding steroid dienone is 1. The summed E-state index contributed by atoms with van der Waals surface area (Å²) in [6.45, 7) is 2.22. The molecule has 124 valence electrons. The van der Waals surface area contributed by atoms with Crippen LogP contribution in [0.15, 0.2) is 12.3 Å². The highest BCUT2D eigenvalue weighted by Gasteiger charge is 1.99. The summed E-state index contributed by atoms with van der Waals surface area (Å²) < 4.78 is 4.75. The van der Waals surface area contributed by atoms with Crippen molar-refractivity contribution in [1.29, 1.82) is 0 Å². The molecule has 0 fully saturated rings. The molecule has 0 aromatic carbocycles. The predicted octanol–water partition coefficient (Wildman–Crippen LogP) is 3.48. The first-order valence-corrected chi connectivity index (χ1v) is 7.71. The van der Waals surface area contributed by atoms with Gasteiger partial charge in [-0.05, 0) is 25.3 Å². The van der Waals surface area contributed by atoms with Crippen LogP contribution in [0.1, 0.15) is 77.6 Å². The maximum Gasteiger partial charge on any atom is 0.310 e. The van der Waals surface area contributed by atoms with Crippen molar-refractivity contribution in [3.8, 4) is 0 Å². The van der Waals surface area contributed by atoms with Gasteiger partial charge < -0.3 is 20.8 Å². The van der Waals surface area contributed by atoms with Crippen molar-refractivity contribution in [2.45, 2.75) is 77.6 Å². The SMILES string of the molecule is CCCCCCCCCCC=COC(=O)CCC(=O)[O-].[NH4+]. The fourth-order valence-electron chi connectivity index (χ4n) is 1.85. The summed E-state index contributed by atoms with van der Waals surface area (Å²) in [5.74, 6) is -1.76. The number of carboxylic acid groups (broad SMARTS) is 1. The molecule has 0 spiro atoms. The number of quaternary nitrogens is 1. The second kappa shape index (κ2) is 16.7. The molecular formula is C16H31NO4. The minimum absolute atomic E-state index is 0. The summed E-state index contributed by atoms with van der Waals surface area (Å²) in [5.41, 5.74) is 0. The maximum absolute atomic E-state index is 11.0. The van der Waals surface area contributed by atoms with Crippen LogP contribution in [0.4, 0.5) is 0 Å². The van der Waals surface area contributed by atoms with E-state index in [0.29, 0.717) is 0 Å². The first-order valence-electron chi connectivity index (χ1n) is 7.71. The highest BCUT2D eigenvalue weighted by atomic mass is 16.5. The van der Waals surface area contributed by atoms with E-state index in [0.717, 1.165) is 12.8 Å². The van der Waals surface area contributed by atoms with E-state index in [4.69, 9.17) is 4.74 Å². The van der Waals surface area contributed by atoms with Crippen LogP contribution in [0.5, 0.6) is 0 Å². The van der Waals surface area contributed by atoms with Gasteiger partial charge in [-0.25, -0.2) is 0 Å². The van der Waals surface area contributed by atoms with Crippen LogP contribution in [0.25, 0.3) is 0 Å². The summed E-state index contributed by atoms with van der Waals surface area (Å²) in [6, 6.07) is 0. The van der Waals surface area contributed by atoms with Crippen molar-refractivity contribution < 1.29 is 19.4 Å². The Balaban J connectivity index is 0. The molecule has 0 bridgehead atoms. The number of carbonyl (C=O) groups excluding carboxylic acids is 2. The molecule has 0 unspecified atom stereocenters. The molecule has 0 heterocycles. The topological polar surface area (TPSA) is 103 Å². The first-order chi connectivity index (χ1) is 9.66. The van der Waals surface area contributed by atoms with Gasteiger partial charge in [0.05, 0.1) is 12.7 Å². The molecule has 0 amide bonds. The zero-order valence-electron chi connectivity index (χ0n) is 13.6. The van der Waals surface area contributed by atoms with Gasteiger partial charge in [-0.1, -0.05) is 51.9 Å². The van der Waals surface area contributed by atoms with Crippen LogP contribution in [0.2, 0.25) is 0 Å². The quantitative estimate of drug-likeness (QED) is 0.319. The number of unbranched alkanes of at least 4 members (excludes halogenated alkanes) is 8. The van der Waals surface area contributed by atoms with Crippen LogP contribution < -0.4 is 11.3 Å². The third kappa shape index (κ3) is 18.6. The Morgan fingerprint density at radius 3 is 2.10 bits per heavy atom. The molecule has 5 heteroatoms. The lowest BCUT2D eigenvalue weighted by atomic mass is 10.1. The smallest absolute Gasteiger partial charge is 0.310 e. The Morgan fingerprint density at radius 2 is 1.52 bits per heavy atom. The van der Waals surface area contributed by atoms with Crippen LogP contribution in [-0.4, -0.2) is 11.9 Å². The van der Waals surface area contributed by atoms with E-state index in [1.165, 1.54) is 51.2 Å². The monoisotopic (exact) mass is 301 g/mol. The van der Waals surface area contributed by atoms with Crippen LogP contribution in [0.3, 0.4) is 0 Å². The van der Waals surface area contributed by atoms with Gasteiger partial charge in [-0.15, -0.1) is 0 Å². The molecule has 0 saturated carbocycles. The largest absolute Gasteiger partial charge is 0.550 e. The van der Waals surface area contributed by atoms with Crippen molar-refractivity contribution >= 4 is 11.9 Å². The van der Waals surface area contributed by atoms with Crippen molar-refractivity contribution in [3.05, 3.63) is 12.3 Å². The first kappa shape index (κ1) is 21.9. The molecule has 0 aliphatic carbocycles. The average Bonchev–Trinajstić information content (AvgIpc) is 2.42. The Bertz CT molecular complexity index is 290. The van der Waals surface area contributed by atoms with Gasteiger partial charge in [0.25, 0.3) is 0 Å². The number of rotatable bonds is 13. The van der Waals surface area contributed by atoms with Gasteiger partial charge >= 0.3 is 5.97 Å².